The highest BCUT2D eigenvalue weighted by Gasteiger charge is 2.15. The van der Waals surface area contributed by atoms with Gasteiger partial charge in [-0.05, 0) is 37.6 Å². The van der Waals surface area contributed by atoms with E-state index in [9.17, 15) is 4.79 Å². The zero-order chi connectivity index (χ0) is 15.4. The van der Waals surface area contributed by atoms with Gasteiger partial charge in [-0.2, -0.15) is 5.10 Å². The number of carbonyl (C=O) groups excluding carboxylic acids is 1. The molecule has 1 aromatic carbocycles. The van der Waals surface area contributed by atoms with E-state index in [0.717, 1.165) is 15.9 Å². The predicted molar refractivity (Wildman–Crippen MR) is 93.8 cm³/mol. The van der Waals surface area contributed by atoms with Crippen LogP contribution >= 0.6 is 28.3 Å². The van der Waals surface area contributed by atoms with Gasteiger partial charge in [-0.15, -0.1) is 12.4 Å². The van der Waals surface area contributed by atoms with Gasteiger partial charge in [0, 0.05) is 11.0 Å². The number of hydrogen-bond acceptors (Lipinski definition) is 3. The van der Waals surface area contributed by atoms with E-state index < -0.39 is 0 Å². The maximum absolute atomic E-state index is 12.2. The minimum Gasteiger partial charge on any atom is -0.352 e. The first kappa shape index (κ1) is 18.7. The van der Waals surface area contributed by atoms with E-state index in [2.05, 4.69) is 26.3 Å². The third-order valence-corrected chi connectivity index (χ3v) is 3.81. The largest absolute Gasteiger partial charge is 0.352 e. The Balaban J connectivity index is 0.00000242. The quantitative estimate of drug-likeness (QED) is 0.828. The fourth-order valence-corrected chi connectivity index (χ4v) is 2.33. The molecular weight excluding hydrogens is 368 g/mol. The Bertz CT molecular complexity index is 644. The first-order valence-electron chi connectivity index (χ1n) is 6.81. The molecule has 1 aromatic heterocycles. The summed E-state index contributed by atoms with van der Waals surface area (Å²) in [5.41, 5.74) is 7.86. The van der Waals surface area contributed by atoms with Gasteiger partial charge in [-0.3, -0.25) is 4.79 Å². The summed E-state index contributed by atoms with van der Waals surface area (Å²) >= 11 is 3.44. The summed E-state index contributed by atoms with van der Waals surface area (Å²) in [4.78, 5) is 12.2. The van der Waals surface area contributed by atoms with Crippen LogP contribution in [-0.4, -0.2) is 28.8 Å². The molecule has 3 N–H and O–H groups in total. The van der Waals surface area contributed by atoms with Crippen LogP contribution in [0.5, 0.6) is 0 Å². The molecule has 0 spiro atoms. The van der Waals surface area contributed by atoms with Crippen LogP contribution in [0.15, 0.2) is 34.9 Å². The number of nitrogens with one attached hydrogen (secondary N) is 1. The average molecular weight is 388 g/mol. The Hall–Kier alpha value is -1.37. The summed E-state index contributed by atoms with van der Waals surface area (Å²) in [6.45, 7) is 5.00. The highest BCUT2D eigenvalue weighted by atomic mass is 79.9. The Labute approximate surface area is 144 Å². The van der Waals surface area contributed by atoms with Gasteiger partial charge in [0.1, 0.15) is 0 Å². The first-order valence-corrected chi connectivity index (χ1v) is 7.61. The average Bonchev–Trinajstić information content (AvgIpc) is 2.86. The molecule has 1 atom stereocenters. The number of nitrogens with two attached hydrogens (primary N) is 1. The van der Waals surface area contributed by atoms with Crippen LogP contribution in [0.25, 0.3) is 5.69 Å². The van der Waals surface area contributed by atoms with E-state index in [0.29, 0.717) is 18.7 Å². The fourth-order valence-electron chi connectivity index (χ4n) is 1.95. The molecule has 120 valence electrons. The second-order valence-corrected chi connectivity index (χ2v) is 6.00. The van der Waals surface area contributed by atoms with E-state index in [1.165, 1.54) is 0 Å². The van der Waals surface area contributed by atoms with Crippen molar-refractivity contribution < 1.29 is 4.79 Å². The topological polar surface area (TPSA) is 72.9 Å². The monoisotopic (exact) mass is 386 g/mol. The second kappa shape index (κ2) is 8.31. The maximum Gasteiger partial charge on any atom is 0.254 e. The number of aromatic nitrogens is 2. The van der Waals surface area contributed by atoms with Crippen molar-refractivity contribution in [3.63, 3.8) is 0 Å². The molecule has 1 heterocycles. The van der Waals surface area contributed by atoms with Crippen molar-refractivity contribution in [3.8, 4) is 5.69 Å². The normalized spacial score (nSPS) is 11.6. The van der Waals surface area contributed by atoms with Gasteiger partial charge in [0.05, 0.1) is 23.1 Å². The lowest BCUT2D eigenvalue weighted by molar-refractivity contribution is 0.0948. The summed E-state index contributed by atoms with van der Waals surface area (Å²) in [5.74, 6) is 0.142. The van der Waals surface area contributed by atoms with Crippen LogP contribution < -0.4 is 11.1 Å². The van der Waals surface area contributed by atoms with Gasteiger partial charge in [0.15, 0.2) is 0 Å². The Morgan fingerprint density at radius 1 is 1.50 bits per heavy atom. The first-order chi connectivity index (χ1) is 10.0. The van der Waals surface area contributed by atoms with Crippen LogP contribution in [0.3, 0.4) is 0 Å². The Morgan fingerprint density at radius 2 is 2.23 bits per heavy atom. The molecule has 0 fully saturated rings. The molecule has 0 aliphatic heterocycles. The molecule has 2 rings (SSSR count). The lowest BCUT2D eigenvalue weighted by Gasteiger charge is -2.10. The fraction of sp³-hybridized carbons (Fsp3) is 0.333. The number of rotatable bonds is 5. The lowest BCUT2D eigenvalue weighted by atomic mass is 10.1. The second-order valence-electron chi connectivity index (χ2n) is 5.09. The lowest BCUT2D eigenvalue weighted by Crippen LogP contribution is -2.31. The summed E-state index contributed by atoms with van der Waals surface area (Å²) in [7, 11) is 0. The molecule has 0 radical (unpaired) electrons. The number of amides is 1. The molecule has 0 saturated heterocycles. The molecule has 0 aliphatic carbocycles. The number of benzene rings is 1. The molecule has 7 heteroatoms. The molecular formula is C15H20BrClN4O. The zero-order valence-corrected chi connectivity index (χ0v) is 14.9. The molecule has 0 bridgehead atoms. The van der Waals surface area contributed by atoms with E-state index in [4.69, 9.17) is 5.73 Å². The summed E-state index contributed by atoms with van der Waals surface area (Å²) in [5, 5.41) is 7.19. The zero-order valence-electron chi connectivity index (χ0n) is 12.5. The SMILES string of the molecule is Cc1c(C(=O)NCC(C)CN)cnn1-c1cccc(Br)c1.Cl. The minimum absolute atomic E-state index is 0. The summed E-state index contributed by atoms with van der Waals surface area (Å²) in [6.07, 6.45) is 1.60. The summed E-state index contributed by atoms with van der Waals surface area (Å²) in [6, 6.07) is 7.79. The smallest absolute Gasteiger partial charge is 0.254 e. The van der Waals surface area contributed by atoms with Crippen molar-refractivity contribution in [1.29, 1.82) is 0 Å². The number of halogens is 2. The Kier molecular flexibility index (Phi) is 7.06. The van der Waals surface area contributed by atoms with Gasteiger partial charge in [-0.1, -0.05) is 28.9 Å². The molecule has 1 amide bonds. The minimum atomic E-state index is -0.117. The van der Waals surface area contributed by atoms with Crippen LogP contribution in [0.1, 0.15) is 23.0 Å². The van der Waals surface area contributed by atoms with Crippen molar-refractivity contribution >= 4 is 34.2 Å². The third kappa shape index (κ3) is 4.32. The van der Waals surface area contributed by atoms with Gasteiger partial charge >= 0.3 is 0 Å². The van der Waals surface area contributed by atoms with Gasteiger partial charge < -0.3 is 11.1 Å². The molecule has 1 unspecified atom stereocenters. The van der Waals surface area contributed by atoms with Gasteiger partial charge in [-0.25, -0.2) is 4.68 Å². The van der Waals surface area contributed by atoms with Crippen molar-refractivity contribution in [1.82, 2.24) is 15.1 Å². The van der Waals surface area contributed by atoms with Crippen LogP contribution in [0.4, 0.5) is 0 Å². The molecule has 0 aliphatic rings. The Morgan fingerprint density at radius 3 is 2.86 bits per heavy atom. The number of nitrogens with zero attached hydrogens (tertiary/aromatic N) is 2. The van der Waals surface area contributed by atoms with Gasteiger partial charge in [0.2, 0.25) is 0 Å². The molecule has 0 saturated carbocycles. The standard InChI is InChI=1S/C15H19BrN4O.ClH/c1-10(7-17)8-18-15(21)14-9-19-20(11(14)2)13-5-3-4-12(16)6-13;/h3-6,9-10H,7-8,17H2,1-2H3,(H,18,21);1H. The maximum atomic E-state index is 12.2. The van der Waals surface area contributed by atoms with Crippen LogP contribution in [0, 0.1) is 12.8 Å². The number of hydrogen-bond donors (Lipinski definition) is 2. The predicted octanol–water partition coefficient (Wildman–Crippen LogP) is 2.69. The van der Waals surface area contributed by atoms with Crippen molar-refractivity contribution in [2.24, 2.45) is 11.7 Å². The van der Waals surface area contributed by atoms with E-state index in [1.807, 2.05) is 38.1 Å². The third-order valence-electron chi connectivity index (χ3n) is 3.32. The highest BCUT2D eigenvalue weighted by molar-refractivity contribution is 9.10. The van der Waals surface area contributed by atoms with Crippen molar-refractivity contribution in [2.45, 2.75) is 13.8 Å². The molecule has 5 nitrogen and oxygen atoms in total. The molecule has 2 aromatic rings. The van der Waals surface area contributed by atoms with Crippen LogP contribution in [0.2, 0.25) is 0 Å². The van der Waals surface area contributed by atoms with Gasteiger partial charge in [0.25, 0.3) is 5.91 Å². The van der Waals surface area contributed by atoms with E-state index in [1.54, 1.807) is 10.9 Å². The van der Waals surface area contributed by atoms with Crippen LogP contribution in [-0.2, 0) is 0 Å². The van der Waals surface area contributed by atoms with Crippen molar-refractivity contribution in [3.05, 3.63) is 46.2 Å². The number of carbonyl (C=O) groups is 1. The summed E-state index contributed by atoms with van der Waals surface area (Å²) < 4.78 is 2.73. The van der Waals surface area contributed by atoms with E-state index >= 15 is 0 Å². The van der Waals surface area contributed by atoms with Crippen molar-refractivity contribution in [2.75, 3.05) is 13.1 Å². The van der Waals surface area contributed by atoms with E-state index in [-0.39, 0.29) is 24.2 Å². The molecule has 22 heavy (non-hydrogen) atoms. The highest BCUT2D eigenvalue weighted by Crippen LogP contribution is 2.18.